The Morgan fingerprint density at radius 1 is 1.00 bits per heavy atom. The summed E-state index contributed by atoms with van der Waals surface area (Å²) in [5.74, 6) is 0. The SMILES string of the molecule is c1cc2c(cc1CN1CCC3(CCCC3)CC1)CNCC2. The molecule has 1 spiro atoms. The summed E-state index contributed by atoms with van der Waals surface area (Å²) in [6, 6.07) is 7.18. The molecule has 1 aliphatic carbocycles. The highest BCUT2D eigenvalue weighted by molar-refractivity contribution is 5.33. The fraction of sp³-hybridized carbons (Fsp3) is 0.684. The molecular weight excluding hydrogens is 256 g/mol. The van der Waals surface area contributed by atoms with Gasteiger partial charge in [0.15, 0.2) is 0 Å². The van der Waals surface area contributed by atoms with Crippen molar-refractivity contribution >= 4 is 0 Å². The minimum absolute atomic E-state index is 0.746. The van der Waals surface area contributed by atoms with E-state index in [0.717, 1.165) is 25.0 Å². The minimum Gasteiger partial charge on any atom is -0.312 e. The Balaban J connectivity index is 1.38. The zero-order chi connectivity index (χ0) is 14.1. The number of likely N-dealkylation sites (tertiary alicyclic amines) is 1. The smallest absolute Gasteiger partial charge is 0.0233 e. The summed E-state index contributed by atoms with van der Waals surface area (Å²) in [6.07, 6.45) is 10.1. The van der Waals surface area contributed by atoms with Crippen LogP contribution in [0.15, 0.2) is 18.2 Å². The summed E-state index contributed by atoms with van der Waals surface area (Å²) in [5, 5.41) is 3.49. The van der Waals surface area contributed by atoms with Crippen molar-refractivity contribution in [2.24, 2.45) is 5.41 Å². The summed E-state index contributed by atoms with van der Waals surface area (Å²) >= 11 is 0. The van der Waals surface area contributed by atoms with Crippen molar-refractivity contribution in [2.45, 2.75) is 58.0 Å². The number of nitrogens with zero attached hydrogens (tertiary/aromatic N) is 1. The van der Waals surface area contributed by atoms with Crippen LogP contribution in [0.25, 0.3) is 0 Å². The molecule has 2 aliphatic heterocycles. The molecule has 2 heteroatoms. The Morgan fingerprint density at radius 3 is 2.62 bits per heavy atom. The van der Waals surface area contributed by atoms with Gasteiger partial charge in [-0.2, -0.15) is 0 Å². The van der Waals surface area contributed by atoms with E-state index in [-0.39, 0.29) is 0 Å². The van der Waals surface area contributed by atoms with E-state index in [1.165, 1.54) is 69.2 Å². The van der Waals surface area contributed by atoms with Crippen molar-refractivity contribution in [2.75, 3.05) is 19.6 Å². The van der Waals surface area contributed by atoms with E-state index in [1.54, 1.807) is 5.56 Å². The maximum absolute atomic E-state index is 3.49. The Bertz CT molecular complexity index is 492. The largest absolute Gasteiger partial charge is 0.312 e. The maximum atomic E-state index is 3.49. The van der Waals surface area contributed by atoms with Crippen LogP contribution < -0.4 is 5.32 Å². The maximum Gasteiger partial charge on any atom is 0.0233 e. The molecule has 1 aromatic carbocycles. The second kappa shape index (κ2) is 5.73. The Hall–Kier alpha value is -0.860. The third kappa shape index (κ3) is 2.89. The number of benzene rings is 1. The number of piperidine rings is 1. The molecule has 0 bridgehead atoms. The average molecular weight is 284 g/mol. The Kier molecular flexibility index (Phi) is 3.76. The zero-order valence-corrected chi connectivity index (χ0v) is 13.2. The number of nitrogens with one attached hydrogen (secondary N) is 1. The summed E-state index contributed by atoms with van der Waals surface area (Å²) in [4.78, 5) is 2.68. The molecule has 1 aromatic rings. The first-order chi connectivity index (χ1) is 10.3. The molecule has 2 nitrogen and oxygen atoms in total. The summed E-state index contributed by atoms with van der Waals surface area (Å²) in [6.45, 7) is 5.99. The molecule has 21 heavy (non-hydrogen) atoms. The van der Waals surface area contributed by atoms with E-state index in [4.69, 9.17) is 0 Å². The van der Waals surface area contributed by atoms with Gasteiger partial charge in [-0.15, -0.1) is 0 Å². The van der Waals surface area contributed by atoms with Gasteiger partial charge < -0.3 is 5.32 Å². The van der Waals surface area contributed by atoms with Gasteiger partial charge in [-0.25, -0.2) is 0 Å². The third-order valence-electron chi connectivity index (χ3n) is 6.14. The van der Waals surface area contributed by atoms with Crippen LogP contribution in [-0.2, 0) is 19.5 Å². The second-order valence-electron chi connectivity index (χ2n) is 7.51. The van der Waals surface area contributed by atoms with Crippen molar-refractivity contribution in [3.8, 4) is 0 Å². The number of fused-ring (bicyclic) bond motifs is 1. The minimum atomic E-state index is 0.746. The lowest BCUT2D eigenvalue weighted by Gasteiger charge is -2.39. The molecule has 1 saturated carbocycles. The van der Waals surface area contributed by atoms with Crippen molar-refractivity contribution in [1.82, 2.24) is 10.2 Å². The molecule has 2 fully saturated rings. The zero-order valence-electron chi connectivity index (χ0n) is 13.2. The number of rotatable bonds is 2. The lowest BCUT2D eigenvalue weighted by molar-refractivity contribution is 0.103. The second-order valence-corrected chi connectivity index (χ2v) is 7.51. The van der Waals surface area contributed by atoms with Crippen LogP contribution in [0.3, 0.4) is 0 Å². The molecule has 2 heterocycles. The van der Waals surface area contributed by atoms with E-state index >= 15 is 0 Å². The van der Waals surface area contributed by atoms with Gasteiger partial charge in [-0.1, -0.05) is 31.0 Å². The summed E-state index contributed by atoms with van der Waals surface area (Å²) in [7, 11) is 0. The summed E-state index contributed by atoms with van der Waals surface area (Å²) < 4.78 is 0. The first kappa shape index (κ1) is 13.8. The van der Waals surface area contributed by atoms with Crippen LogP contribution in [0.1, 0.15) is 55.2 Å². The van der Waals surface area contributed by atoms with Crippen molar-refractivity contribution < 1.29 is 0 Å². The van der Waals surface area contributed by atoms with Crippen molar-refractivity contribution in [3.05, 3.63) is 34.9 Å². The van der Waals surface area contributed by atoms with Crippen molar-refractivity contribution in [1.29, 1.82) is 0 Å². The van der Waals surface area contributed by atoms with Gasteiger partial charge >= 0.3 is 0 Å². The van der Waals surface area contributed by atoms with Gasteiger partial charge in [0.1, 0.15) is 0 Å². The normalized spacial score (nSPS) is 25.1. The predicted octanol–water partition coefficient (Wildman–Crippen LogP) is 3.49. The van der Waals surface area contributed by atoms with Crippen LogP contribution in [-0.4, -0.2) is 24.5 Å². The van der Waals surface area contributed by atoms with Gasteiger partial charge in [0, 0.05) is 13.1 Å². The lowest BCUT2D eigenvalue weighted by atomic mass is 9.77. The fourth-order valence-electron chi connectivity index (χ4n) is 4.70. The van der Waals surface area contributed by atoms with Crippen molar-refractivity contribution in [3.63, 3.8) is 0 Å². The Morgan fingerprint density at radius 2 is 1.81 bits per heavy atom. The van der Waals surface area contributed by atoms with Gasteiger partial charge in [0.25, 0.3) is 0 Å². The lowest BCUT2D eigenvalue weighted by Crippen LogP contribution is -2.38. The summed E-state index contributed by atoms with van der Waals surface area (Å²) in [5.41, 5.74) is 5.35. The third-order valence-corrected chi connectivity index (χ3v) is 6.14. The number of hydrogen-bond donors (Lipinski definition) is 1. The molecular formula is C19H28N2. The number of hydrogen-bond acceptors (Lipinski definition) is 2. The van der Waals surface area contributed by atoms with Crippen LogP contribution in [0.4, 0.5) is 0 Å². The highest BCUT2D eigenvalue weighted by atomic mass is 15.1. The van der Waals surface area contributed by atoms with E-state index in [0.29, 0.717) is 0 Å². The average Bonchev–Trinajstić information content (AvgIpc) is 2.98. The van der Waals surface area contributed by atoms with Gasteiger partial charge in [-0.3, -0.25) is 4.90 Å². The fourth-order valence-corrected chi connectivity index (χ4v) is 4.70. The van der Waals surface area contributed by atoms with Crippen LogP contribution in [0.2, 0.25) is 0 Å². The first-order valence-corrected chi connectivity index (χ1v) is 8.87. The molecule has 114 valence electrons. The van der Waals surface area contributed by atoms with E-state index < -0.39 is 0 Å². The van der Waals surface area contributed by atoms with Crippen LogP contribution in [0.5, 0.6) is 0 Å². The highest BCUT2D eigenvalue weighted by Crippen LogP contribution is 2.46. The highest BCUT2D eigenvalue weighted by Gasteiger charge is 2.36. The quantitative estimate of drug-likeness (QED) is 0.894. The molecule has 0 radical (unpaired) electrons. The van der Waals surface area contributed by atoms with E-state index in [9.17, 15) is 0 Å². The molecule has 4 rings (SSSR count). The monoisotopic (exact) mass is 284 g/mol. The Labute approximate surface area is 128 Å². The molecule has 3 aliphatic rings. The van der Waals surface area contributed by atoms with Gasteiger partial charge in [-0.05, 0) is 73.8 Å². The van der Waals surface area contributed by atoms with Crippen LogP contribution in [0, 0.1) is 5.41 Å². The first-order valence-electron chi connectivity index (χ1n) is 8.87. The standard InChI is InChI=1S/C19H28N2/c1-2-7-19(6-1)8-11-21(12-9-19)15-16-3-4-17-5-10-20-14-18(17)13-16/h3-4,13,20H,1-2,5-12,14-15H2. The molecule has 0 amide bonds. The topological polar surface area (TPSA) is 15.3 Å². The van der Waals surface area contributed by atoms with E-state index in [2.05, 4.69) is 28.4 Å². The van der Waals surface area contributed by atoms with Crippen LogP contribution >= 0.6 is 0 Å². The van der Waals surface area contributed by atoms with Gasteiger partial charge in [0.05, 0.1) is 0 Å². The molecule has 0 unspecified atom stereocenters. The molecule has 0 atom stereocenters. The van der Waals surface area contributed by atoms with E-state index in [1.807, 2.05) is 0 Å². The molecule has 1 saturated heterocycles. The molecule has 1 N–H and O–H groups in total. The predicted molar refractivity (Wildman–Crippen MR) is 87.3 cm³/mol. The molecule has 0 aromatic heterocycles. The van der Waals surface area contributed by atoms with Gasteiger partial charge in [0.2, 0.25) is 0 Å².